The van der Waals surface area contributed by atoms with Gasteiger partial charge in [0.1, 0.15) is 0 Å². The number of alkyl halides is 12. The normalized spacial score (nSPS) is 15.6. The van der Waals surface area contributed by atoms with Crippen molar-refractivity contribution in [2.24, 2.45) is 5.92 Å². The van der Waals surface area contributed by atoms with Crippen LogP contribution in [0.3, 0.4) is 0 Å². The maximum atomic E-state index is 14.8. The van der Waals surface area contributed by atoms with Gasteiger partial charge in [-0.2, -0.15) is 52.7 Å². The first-order valence-corrected chi connectivity index (χ1v) is 18.5. The zero-order valence-electron chi connectivity index (χ0n) is 27.9. The number of allylic oxidation sites excluding steroid dienone is 4. The van der Waals surface area contributed by atoms with E-state index in [9.17, 15) is 52.7 Å². The third-order valence-corrected chi connectivity index (χ3v) is 13.6. The fourth-order valence-corrected chi connectivity index (χ4v) is 12.6. The molecular formula is C38H30F12P2. The minimum atomic E-state index is -5.74. The highest BCUT2D eigenvalue weighted by Gasteiger charge is 2.50. The van der Waals surface area contributed by atoms with Crippen molar-refractivity contribution in [1.29, 1.82) is 0 Å². The Balaban J connectivity index is 1.82. The SMILES string of the molecule is Cc1cc(C)cc(P(CC2C=CC=C2P(c2cccc(C(F)(F)F)c2C(F)(F)F)c2cccc(C(F)(F)F)c2C(F)(F)F)c2cc(C)cc(C)c2)c1. The van der Waals surface area contributed by atoms with Crippen molar-refractivity contribution in [3.05, 3.63) is 141 Å². The number of aryl methyl sites for hydroxylation is 4. The van der Waals surface area contributed by atoms with E-state index in [4.69, 9.17) is 0 Å². The molecule has 0 amide bonds. The number of rotatable bonds is 7. The van der Waals surface area contributed by atoms with Gasteiger partial charge in [0.25, 0.3) is 0 Å². The van der Waals surface area contributed by atoms with E-state index in [1.165, 1.54) is 18.2 Å². The molecule has 0 saturated heterocycles. The van der Waals surface area contributed by atoms with E-state index in [1.54, 1.807) is 0 Å². The third-order valence-electron chi connectivity index (χ3n) is 8.41. The molecule has 1 aliphatic carbocycles. The van der Waals surface area contributed by atoms with Gasteiger partial charge in [0.05, 0.1) is 22.3 Å². The first kappa shape index (κ1) is 39.6. The fourth-order valence-electron chi connectivity index (χ4n) is 6.60. The standard InChI is InChI=1S/C38H30F12P2/c1-21-14-22(2)17-26(16-21)51(27-18-23(3)15-24(4)19-27)20-25-8-5-11-30(25)52(31-12-6-9-28(35(39,40)41)33(31)37(45,46)47)32-13-7-10-29(36(42,43)44)34(32)38(48,49)50/h5-19,25H,20H2,1-4H3. The van der Waals surface area contributed by atoms with E-state index in [0.717, 1.165) is 32.9 Å². The van der Waals surface area contributed by atoms with Gasteiger partial charge < -0.3 is 0 Å². The maximum absolute atomic E-state index is 14.8. The first-order chi connectivity index (χ1) is 24.0. The molecule has 0 saturated carbocycles. The molecule has 1 unspecified atom stereocenters. The second-order valence-corrected chi connectivity index (χ2v) is 17.0. The van der Waals surface area contributed by atoms with Gasteiger partial charge in [-0.25, -0.2) is 0 Å². The highest BCUT2D eigenvalue weighted by atomic mass is 31.1. The molecule has 1 aliphatic rings. The Kier molecular flexibility index (Phi) is 10.9. The van der Waals surface area contributed by atoms with E-state index in [-0.39, 0.29) is 23.6 Å². The number of halogens is 12. The second kappa shape index (κ2) is 14.3. The molecular weight excluding hydrogens is 746 g/mol. The average Bonchev–Trinajstić information content (AvgIpc) is 3.44. The van der Waals surface area contributed by atoms with Crippen LogP contribution in [0, 0.1) is 33.6 Å². The molecule has 0 aromatic heterocycles. The summed E-state index contributed by atoms with van der Waals surface area (Å²) in [5.41, 5.74) is -5.21. The van der Waals surface area contributed by atoms with Crippen LogP contribution in [0.2, 0.25) is 0 Å². The average molecular weight is 777 g/mol. The van der Waals surface area contributed by atoms with Gasteiger partial charge in [-0.05, 0) is 88.4 Å². The van der Waals surface area contributed by atoms with Crippen LogP contribution in [0.15, 0.2) is 96.3 Å². The van der Waals surface area contributed by atoms with Crippen LogP contribution in [-0.2, 0) is 24.7 Å². The summed E-state index contributed by atoms with van der Waals surface area (Å²) in [6.07, 6.45) is -18.4. The Morgan fingerprint density at radius 2 is 0.904 bits per heavy atom. The Hall–Kier alpha value is -3.62. The van der Waals surface area contributed by atoms with Gasteiger partial charge in [-0.3, -0.25) is 0 Å². The first-order valence-electron chi connectivity index (χ1n) is 15.6. The number of benzene rings is 4. The van der Waals surface area contributed by atoms with Gasteiger partial charge in [0.15, 0.2) is 0 Å². The quantitative estimate of drug-likeness (QED) is 0.130. The molecule has 4 aromatic rings. The zero-order chi connectivity index (χ0) is 38.6. The van der Waals surface area contributed by atoms with E-state index in [2.05, 4.69) is 0 Å². The molecule has 0 nitrogen and oxygen atoms in total. The largest absolute Gasteiger partial charge is 0.417 e. The predicted octanol–water partition coefficient (Wildman–Crippen LogP) is 11.6. The van der Waals surface area contributed by atoms with Gasteiger partial charge in [-0.1, -0.05) is 101 Å². The zero-order valence-corrected chi connectivity index (χ0v) is 29.7. The molecule has 0 heterocycles. The second-order valence-electron chi connectivity index (χ2n) is 12.6. The Morgan fingerprint density at radius 1 is 0.519 bits per heavy atom. The van der Waals surface area contributed by atoms with Crippen molar-refractivity contribution in [3.63, 3.8) is 0 Å². The Labute approximate surface area is 294 Å². The van der Waals surface area contributed by atoms with Gasteiger partial charge >= 0.3 is 24.7 Å². The van der Waals surface area contributed by atoms with Crippen molar-refractivity contribution in [2.45, 2.75) is 52.4 Å². The summed E-state index contributed by atoms with van der Waals surface area (Å²) in [5.74, 6) is -0.954. The van der Waals surface area contributed by atoms with Gasteiger partial charge in [-0.15, -0.1) is 0 Å². The van der Waals surface area contributed by atoms with Crippen LogP contribution in [0.25, 0.3) is 0 Å². The summed E-state index contributed by atoms with van der Waals surface area (Å²) in [7, 11) is -4.72. The molecule has 0 bridgehead atoms. The molecule has 0 aliphatic heterocycles. The fraction of sp³-hybridized carbons (Fsp3) is 0.263. The minimum absolute atomic E-state index is 0.100. The molecule has 0 radical (unpaired) electrons. The number of hydrogen-bond donors (Lipinski definition) is 0. The molecule has 14 heteroatoms. The molecule has 276 valence electrons. The van der Waals surface area contributed by atoms with Gasteiger partial charge in [0, 0.05) is 5.92 Å². The lowest BCUT2D eigenvalue weighted by atomic mass is 10.1. The highest BCUT2D eigenvalue weighted by Crippen LogP contribution is 2.57. The van der Waals surface area contributed by atoms with Crippen molar-refractivity contribution in [1.82, 2.24) is 0 Å². The molecule has 0 spiro atoms. The smallest absolute Gasteiger partial charge is 0.166 e. The molecule has 5 rings (SSSR count). The highest BCUT2D eigenvalue weighted by molar-refractivity contribution is 7.77. The summed E-state index contributed by atoms with van der Waals surface area (Å²) in [6, 6.07) is 14.4. The minimum Gasteiger partial charge on any atom is -0.166 e. The van der Waals surface area contributed by atoms with Crippen molar-refractivity contribution in [3.8, 4) is 0 Å². The van der Waals surface area contributed by atoms with Crippen molar-refractivity contribution in [2.75, 3.05) is 6.16 Å². The monoisotopic (exact) mass is 776 g/mol. The van der Waals surface area contributed by atoms with Crippen LogP contribution in [-0.4, -0.2) is 6.16 Å². The van der Waals surface area contributed by atoms with Gasteiger partial charge in [0.2, 0.25) is 0 Å². The third kappa shape index (κ3) is 8.44. The van der Waals surface area contributed by atoms with Crippen LogP contribution in [0.1, 0.15) is 44.5 Å². The summed E-state index contributed by atoms with van der Waals surface area (Å²) in [5, 5.41) is -0.808. The lowest BCUT2D eigenvalue weighted by Gasteiger charge is -2.33. The van der Waals surface area contributed by atoms with E-state index < -0.39 is 79.3 Å². The maximum Gasteiger partial charge on any atom is 0.417 e. The topological polar surface area (TPSA) is 0 Å². The van der Waals surface area contributed by atoms with E-state index in [1.807, 2.05) is 64.1 Å². The van der Waals surface area contributed by atoms with Crippen LogP contribution in [0.4, 0.5) is 52.7 Å². The van der Waals surface area contributed by atoms with E-state index in [0.29, 0.717) is 24.3 Å². The Morgan fingerprint density at radius 3 is 1.25 bits per heavy atom. The molecule has 52 heavy (non-hydrogen) atoms. The number of hydrogen-bond acceptors (Lipinski definition) is 0. The Bertz CT molecular complexity index is 1860. The van der Waals surface area contributed by atoms with Crippen LogP contribution in [0.5, 0.6) is 0 Å². The lowest BCUT2D eigenvalue weighted by Crippen LogP contribution is -2.32. The lowest BCUT2D eigenvalue weighted by molar-refractivity contribution is -0.161. The van der Waals surface area contributed by atoms with Crippen molar-refractivity contribution >= 4 is 37.1 Å². The molecule has 4 aromatic carbocycles. The van der Waals surface area contributed by atoms with Crippen LogP contribution >= 0.6 is 15.8 Å². The molecule has 1 atom stereocenters. The summed E-state index contributed by atoms with van der Waals surface area (Å²) in [6.45, 7) is 7.46. The predicted molar refractivity (Wildman–Crippen MR) is 183 cm³/mol. The molecule has 0 fully saturated rings. The van der Waals surface area contributed by atoms with Crippen molar-refractivity contribution < 1.29 is 52.7 Å². The summed E-state index contributed by atoms with van der Waals surface area (Å²) < 4.78 is 174. The summed E-state index contributed by atoms with van der Waals surface area (Å²) in [4.78, 5) is 0. The van der Waals surface area contributed by atoms with Crippen LogP contribution < -0.4 is 21.2 Å². The van der Waals surface area contributed by atoms with E-state index >= 15 is 0 Å². The summed E-state index contributed by atoms with van der Waals surface area (Å²) >= 11 is 0. The molecule has 0 N–H and O–H groups in total.